The van der Waals surface area contributed by atoms with Crippen LogP contribution in [0.4, 0.5) is 11.5 Å². The number of carbonyl (C=O) groups is 1. The Kier molecular flexibility index (Phi) is 5.57. The lowest BCUT2D eigenvalue weighted by atomic mass is 10.1. The number of amides is 1. The number of hydrogen-bond acceptors (Lipinski definition) is 4. The van der Waals surface area contributed by atoms with Crippen molar-refractivity contribution in [2.75, 3.05) is 5.32 Å². The number of nitro benzene ring substituents is 1. The summed E-state index contributed by atoms with van der Waals surface area (Å²) >= 11 is 9.26. The molecule has 0 atom stereocenters. The van der Waals surface area contributed by atoms with Crippen LogP contribution >= 0.6 is 27.5 Å². The van der Waals surface area contributed by atoms with E-state index in [-0.39, 0.29) is 5.69 Å². The van der Waals surface area contributed by atoms with E-state index in [1.807, 2.05) is 12.1 Å². The van der Waals surface area contributed by atoms with Crippen LogP contribution in [0.5, 0.6) is 0 Å². The molecule has 138 valence electrons. The van der Waals surface area contributed by atoms with Crippen LogP contribution in [-0.2, 0) is 6.54 Å². The SMILES string of the molecule is Cc1cc(C(=O)Nc2nn(Cc3ccc(Cl)cc3)cc2Br)ccc1[N+](=O)[O-]. The Balaban J connectivity index is 1.74. The van der Waals surface area contributed by atoms with E-state index in [1.165, 1.54) is 18.2 Å². The predicted octanol–water partition coefficient (Wildman–Crippen LogP) is 4.82. The van der Waals surface area contributed by atoms with Gasteiger partial charge in [0.25, 0.3) is 11.6 Å². The van der Waals surface area contributed by atoms with Crippen LogP contribution in [-0.4, -0.2) is 20.6 Å². The normalized spacial score (nSPS) is 10.6. The highest BCUT2D eigenvalue weighted by atomic mass is 79.9. The third kappa shape index (κ3) is 4.53. The summed E-state index contributed by atoms with van der Waals surface area (Å²) in [6.07, 6.45) is 1.76. The minimum absolute atomic E-state index is 0.0278. The molecule has 0 unspecified atom stereocenters. The van der Waals surface area contributed by atoms with E-state index in [9.17, 15) is 14.9 Å². The van der Waals surface area contributed by atoms with Crippen LogP contribution in [0, 0.1) is 17.0 Å². The first kappa shape index (κ1) is 19.1. The Morgan fingerprint density at radius 3 is 2.63 bits per heavy atom. The number of aromatic nitrogens is 2. The first-order valence-electron chi connectivity index (χ1n) is 7.87. The lowest BCUT2D eigenvalue weighted by Gasteiger charge is -2.05. The lowest BCUT2D eigenvalue weighted by Crippen LogP contribution is -2.13. The molecule has 0 spiro atoms. The molecular formula is C18H14BrClN4O3. The summed E-state index contributed by atoms with van der Waals surface area (Å²) in [5.74, 6) is -0.0320. The molecule has 0 bridgehead atoms. The fourth-order valence-electron chi connectivity index (χ4n) is 2.52. The van der Waals surface area contributed by atoms with Gasteiger partial charge in [-0.15, -0.1) is 0 Å². The van der Waals surface area contributed by atoms with Crippen LogP contribution in [0.3, 0.4) is 0 Å². The Morgan fingerprint density at radius 1 is 1.30 bits per heavy atom. The molecule has 27 heavy (non-hydrogen) atoms. The van der Waals surface area contributed by atoms with E-state index >= 15 is 0 Å². The number of aryl methyl sites for hydroxylation is 1. The van der Waals surface area contributed by atoms with Gasteiger partial charge in [-0.2, -0.15) is 5.10 Å². The minimum Gasteiger partial charge on any atom is -0.304 e. The summed E-state index contributed by atoms with van der Waals surface area (Å²) in [5, 5.41) is 18.6. The van der Waals surface area contributed by atoms with Gasteiger partial charge in [-0.1, -0.05) is 23.7 Å². The molecule has 3 rings (SSSR count). The van der Waals surface area contributed by atoms with Gasteiger partial charge < -0.3 is 5.32 Å². The third-order valence-corrected chi connectivity index (χ3v) is 4.69. The number of nitrogens with zero attached hydrogens (tertiary/aromatic N) is 3. The molecule has 1 heterocycles. The van der Waals surface area contributed by atoms with Gasteiger partial charge in [0, 0.05) is 28.4 Å². The van der Waals surface area contributed by atoms with E-state index in [4.69, 9.17) is 11.6 Å². The molecule has 1 aromatic heterocycles. The zero-order valence-electron chi connectivity index (χ0n) is 14.1. The maximum absolute atomic E-state index is 12.4. The Labute approximate surface area is 168 Å². The monoisotopic (exact) mass is 448 g/mol. The summed E-state index contributed by atoms with van der Waals surface area (Å²) in [6, 6.07) is 11.6. The Bertz CT molecular complexity index is 1020. The number of benzene rings is 2. The summed E-state index contributed by atoms with van der Waals surface area (Å²) in [7, 11) is 0. The molecule has 7 nitrogen and oxygen atoms in total. The van der Waals surface area contributed by atoms with Gasteiger partial charge in [-0.05, 0) is 52.7 Å². The molecule has 0 aliphatic heterocycles. The number of nitrogens with one attached hydrogen (secondary N) is 1. The number of halogens is 2. The predicted molar refractivity (Wildman–Crippen MR) is 106 cm³/mol. The van der Waals surface area contributed by atoms with Crippen molar-refractivity contribution in [3.8, 4) is 0 Å². The van der Waals surface area contributed by atoms with E-state index < -0.39 is 10.8 Å². The summed E-state index contributed by atoms with van der Waals surface area (Å²) < 4.78 is 2.31. The van der Waals surface area contributed by atoms with Crippen molar-refractivity contribution in [3.63, 3.8) is 0 Å². The van der Waals surface area contributed by atoms with Crippen LogP contribution in [0.1, 0.15) is 21.5 Å². The van der Waals surface area contributed by atoms with Crippen LogP contribution in [0.25, 0.3) is 0 Å². The van der Waals surface area contributed by atoms with E-state index in [0.717, 1.165) is 5.56 Å². The molecule has 1 amide bonds. The smallest absolute Gasteiger partial charge is 0.272 e. The van der Waals surface area contributed by atoms with E-state index in [2.05, 4.69) is 26.3 Å². The molecular weight excluding hydrogens is 436 g/mol. The zero-order chi connectivity index (χ0) is 19.6. The summed E-state index contributed by atoms with van der Waals surface area (Å²) in [5.41, 5.74) is 1.72. The second kappa shape index (κ2) is 7.89. The molecule has 0 aliphatic rings. The number of nitro groups is 1. The first-order chi connectivity index (χ1) is 12.8. The van der Waals surface area contributed by atoms with E-state index in [1.54, 1.807) is 29.9 Å². The fraction of sp³-hybridized carbons (Fsp3) is 0.111. The molecule has 0 fully saturated rings. The van der Waals surface area contributed by atoms with Crippen molar-refractivity contribution in [2.24, 2.45) is 0 Å². The Morgan fingerprint density at radius 2 is 2.00 bits per heavy atom. The third-order valence-electron chi connectivity index (χ3n) is 3.86. The van der Waals surface area contributed by atoms with E-state index in [0.29, 0.717) is 33.0 Å². The van der Waals surface area contributed by atoms with Gasteiger partial charge in [0.1, 0.15) is 0 Å². The molecule has 1 N–H and O–H groups in total. The average Bonchev–Trinajstić information content (AvgIpc) is 2.95. The fourth-order valence-corrected chi connectivity index (χ4v) is 3.06. The van der Waals surface area contributed by atoms with Crippen molar-refractivity contribution in [1.29, 1.82) is 0 Å². The van der Waals surface area contributed by atoms with Gasteiger partial charge in [0.15, 0.2) is 5.82 Å². The summed E-state index contributed by atoms with van der Waals surface area (Å²) in [6.45, 7) is 2.11. The second-order valence-corrected chi connectivity index (χ2v) is 7.15. The quantitative estimate of drug-likeness (QED) is 0.447. The maximum Gasteiger partial charge on any atom is 0.272 e. The van der Waals surface area contributed by atoms with Gasteiger partial charge in [-0.3, -0.25) is 19.6 Å². The number of anilines is 1. The molecule has 2 aromatic carbocycles. The first-order valence-corrected chi connectivity index (χ1v) is 9.04. The molecule has 0 saturated carbocycles. The van der Waals surface area contributed by atoms with Crippen LogP contribution in [0.15, 0.2) is 53.1 Å². The Hall–Kier alpha value is -2.71. The topological polar surface area (TPSA) is 90.1 Å². The number of hydrogen-bond donors (Lipinski definition) is 1. The zero-order valence-corrected chi connectivity index (χ0v) is 16.5. The van der Waals surface area contributed by atoms with Gasteiger partial charge in [0.05, 0.1) is 15.9 Å². The highest BCUT2D eigenvalue weighted by Crippen LogP contribution is 2.23. The number of rotatable bonds is 5. The maximum atomic E-state index is 12.4. The molecule has 3 aromatic rings. The number of carbonyl (C=O) groups excluding carboxylic acids is 1. The van der Waals surface area contributed by atoms with Gasteiger partial charge in [-0.25, -0.2) is 0 Å². The average molecular weight is 450 g/mol. The molecule has 9 heteroatoms. The molecule has 0 saturated heterocycles. The molecule has 0 aliphatic carbocycles. The highest BCUT2D eigenvalue weighted by Gasteiger charge is 2.16. The highest BCUT2D eigenvalue weighted by molar-refractivity contribution is 9.10. The second-order valence-electron chi connectivity index (χ2n) is 5.86. The molecule has 0 radical (unpaired) electrons. The van der Waals surface area contributed by atoms with Crippen LogP contribution < -0.4 is 5.32 Å². The van der Waals surface area contributed by atoms with Crippen molar-refractivity contribution >= 4 is 44.9 Å². The largest absolute Gasteiger partial charge is 0.304 e. The van der Waals surface area contributed by atoms with Crippen molar-refractivity contribution in [3.05, 3.63) is 85.0 Å². The van der Waals surface area contributed by atoms with Gasteiger partial charge in [0.2, 0.25) is 0 Å². The summed E-state index contributed by atoms with van der Waals surface area (Å²) in [4.78, 5) is 22.8. The van der Waals surface area contributed by atoms with Gasteiger partial charge >= 0.3 is 0 Å². The standard InChI is InChI=1S/C18H14BrClN4O3/c1-11-8-13(4-7-16(11)24(26)27)18(25)21-17-15(19)10-23(22-17)9-12-2-5-14(20)6-3-12/h2-8,10H,9H2,1H3,(H,21,22,25). The van der Waals surface area contributed by atoms with Crippen molar-refractivity contribution < 1.29 is 9.72 Å². The minimum atomic E-state index is -0.480. The lowest BCUT2D eigenvalue weighted by molar-refractivity contribution is -0.385. The van der Waals surface area contributed by atoms with Crippen molar-refractivity contribution in [2.45, 2.75) is 13.5 Å². The van der Waals surface area contributed by atoms with Crippen LogP contribution in [0.2, 0.25) is 5.02 Å². The van der Waals surface area contributed by atoms with Crippen molar-refractivity contribution in [1.82, 2.24) is 9.78 Å².